The molecule has 0 aliphatic carbocycles. The highest BCUT2D eigenvalue weighted by atomic mass is 19.1. The summed E-state index contributed by atoms with van der Waals surface area (Å²) in [7, 11) is 0. The average Bonchev–Trinajstić information content (AvgIpc) is 3.01. The quantitative estimate of drug-likeness (QED) is 0.149. The SMILES string of the molecule is CC(C)(CCC(C)(C)c1ccc(F)cc1-c1ccc(CC(C)(C)c2ccc(F)c(-c3ccccc3)c2)cc1)c1ccc(F)cc1. The van der Waals surface area contributed by atoms with Crippen molar-refractivity contribution in [3.63, 3.8) is 0 Å². The molecule has 0 aliphatic rings. The third kappa shape index (κ3) is 7.41. The minimum atomic E-state index is -0.257. The molecule has 0 spiro atoms. The van der Waals surface area contributed by atoms with Crippen molar-refractivity contribution in [3.05, 3.63) is 155 Å². The van der Waals surface area contributed by atoms with Crippen LogP contribution in [0.15, 0.2) is 115 Å². The Morgan fingerprint density at radius 1 is 0.467 bits per heavy atom. The van der Waals surface area contributed by atoms with Crippen molar-refractivity contribution in [2.45, 2.75) is 77.0 Å². The van der Waals surface area contributed by atoms with Gasteiger partial charge in [0.2, 0.25) is 0 Å². The highest BCUT2D eigenvalue weighted by Gasteiger charge is 2.29. The van der Waals surface area contributed by atoms with Crippen LogP contribution in [-0.4, -0.2) is 0 Å². The molecule has 5 rings (SSSR count). The van der Waals surface area contributed by atoms with E-state index in [0.717, 1.165) is 58.2 Å². The molecule has 5 aromatic rings. The summed E-state index contributed by atoms with van der Waals surface area (Å²) < 4.78 is 43.0. The zero-order chi connectivity index (χ0) is 32.4. The van der Waals surface area contributed by atoms with Gasteiger partial charge in [0.25, 0.3) is 0 Å². The van der Waals surface area contributed by atoms with E-state index in [1.165, 1.54) is 12.1 Å². The van der Waals surface area contributed by atoms with Crippen LogP contribution in [0.5, 0.6) is 0 Å². The fraction of sp³-hybridized carbons (Fsp3) is 0.286. The van der Waals surface area contributed by atoms with Crippen LogP contribution < -0.4 is 0 Å². The minimum Gasteiger partial charge on any atom is -0.207 e. The van der Waals surface area contributed by atoms with E-state index in [1.54, 1.807) is 18.2 Å². The van der Waals surface area contributed by atoms with E-state index in [1.807, 2.05) is 60.7 Å². The van der Waals surface area contributed by atoms with E-state index in [-0.39, 0.29) is 33.7 Å². The van der Waals surface area contributed by atoms with Crippen LogP contribution in [-0.2, 0) is 22.7 Å². The first-order valence-corrected chi connectivity index (χ1v) is 15.8. The van der Waals surface area contributed by atoms with Crippen LogP contribution in [0.2, 0.25) is 0 Å². The average molecular weight is 605 g/mol. The number of benzene rings is 5. The van der Waals surface area contributed by atoms with Crippen molar-refractivity contribution in [3.8, 4) is 22.3 Å². The van der Waals surface area contributed by atoms with Gasteiger partial charge in [0.05, 0.1) is 0 Å². The summed E-state index contributed by atoms with van der Waals surface area (Å²) in [5.41, 5.74) is 7.21. The van der Waals surface area contributed by atoms with Crippen molar-refractivity contribution >= 4 is 0 Å². The summed E-state index contributed by atoms with van der Waals surface area (Å²) in [4.78, 5) is 0. The molecule has 0 aromatic heterocycles. The van der Waals surface area contributed by atoms with Crippen molar-refractivity contribution in [1.82, 2.24) is 0 Å². The second kappa shape index (κ2) is 12.7. The lowest BCUT2D eigenvalue weighted by atomic mass is 9.71. The van der Waals surface area contributed by atoms with Crippen molar-refractivity contribution < 1.29 is 13.2 Å². The number of rotatable bonds is 10. The first-order chi connectivity index (χ1) is 21.2. The van der Waals surface area contributed by atoms with Crippen molar-refractivity contribution in [2.24, 2.45) is 0 Å². The van der Waals surface area contributed by atoms with Gasteiger partial charge < -0.3 is 0 Å². The van der Waals surface area contributed by atoms with Gasteiger partial charge in [-0.15, -0.1) is 0 Å². The maximum atomic E-state index is 14.8. The van der Waals surface area contributed by atoms with Crippen LogP contribution in [0.4, 0.5) is 13.2 Å². The van der Waals surface area contributed by atoms with Gasteiger partial charge in [0.1, 0.15) is 17.5 Å². The van der Waals surface area contributed by atoms with Crippen LogP contribution in [0.25, 0.3) is 22.3 Å². The van der Waals surface area contributed by atoms with Gasteiger partial charge in [0.15, 0.2) is 0 Å². The Kier molecular flexibility index (Phi) is 9.12. The summed E-state index contributed by atoms with van der Waals surface area (Å²) in [6.45, 7) is 13.2. The zero-order valence-electron chi connectivity index (χ0n) is 27.2. The zero-order valence-corrected chi connectivity index (χ0v) is 27.2. The summed E-state index contributed by atoms with van der Waals surface area (Å²) in [5, 5.41) is 0. The predicted octanol–water partition coefficient (Wildman–Crippen LogP) is 12.0. The van der Waals surface area contributed by atoms with Gasteiger partial charge in [-0.2, -0.15) is 0 Å². The van der Waals surface area contributed by atoms with Crippen molar-refractivity contribution in [2.75, 3.05) is 0 Å². The molecule has 0 aliphatic heterocycles. The molecule has 0 fully saturated rings. The molecule has 0 radical (unpaired) electrons. The Bertz CT molecular complexity index is 1750. The smallest absolute Gasteiger partial charge is 0.131 e. The van der Waals surface area contributed by atoms with E-state index < -0.39 is 0 Å². The third-order valence-corrected chi connectivity index (χ3v) is 9.46. The maximum absolute atomic E-state index is 14.8. The molecule has 0 nitrogen and oxygen atoms in total. The van der Waals surface area contributed by atoms with Crippen LogP contribution in [0.1, 0.15) is 76.6 Å². The van der Waals surface area contributed by atoms with E-state index in [0.29, 0.717) is 5.56 Å². The molecular formula is C42H43F3. The Morgan fingerprint density at radius 2 is 1.04 bits per heavy atom. The standard InChI is InChI=1S/C42H43F3/c1-40(2,32-16-19-34(43)20-17-32)24-25-41(3,4)38-22-21-35(44)27-36(38)31-14-12-29(13-15-31)28-42(5,6)33-18-23-39(45)37(26-33)30-10-8-7-9-11-30/h7-23,26-27H,24-25,28H2,1-6H3. The Labute approximate surface area is 267 Å². The molecule has 0 saturated carbocycles. The Balaban J connectivity index is 1.36. The van der Waals surface area contributed by atoms with Gasteiger partial charge in [-0.1, -0.05) is 120 Å². The lowest BCUT2D eigenvalue weighted by Crippen LogP contribution is -2.25. The lowest BCUT2D eigenvalue weighted by Gasteiger charge is -2.33. The van der Waals surface area contributed by atoms with Gasteiger partial charge >= 0.3 is 0 Å². The molecule has 0 atom stereocenters. The minimum absolute atomic E-state index is 0.133. The van der Waals surface area contributed by atoms with Gasteiger partial charge in [-0.05, 0) is 111 Å². The van der Waals surface area contributed by atoms with Crippen molar-refractivity contribution in [1.29, 1.82) is 0 Å². The van der Waals surface area contributed by atoms with E-state index >= 15 is 0 Å². The molecule has 0 amide bonds. The highest BCUT2D eigenvalue weighted by molar-refractivity contribution is 5.69. The topological polar surface area (TPSA) is 0 Å². The second-order valence-electron chi connectivity index (χ2n) is 14.3. The van der Waals surface area contributed by atoms with Gasteiger partial charge in [-0.25, -0.2) is 13.2 Å². The molecule has 232 valence electrons. The van der Waals surface area contributed by atoms with Crippen LogP contribution >= 0.6 is 0 Å². The fourth-order valence-corrected chi connectivity index (χ4v) is 6.35. The molecule has 0 saturated heterocycles. The Hall–Kier alpha value is -4.11. The van der Waals surface area contributed by atoms with E-state index in [2.05, 4.69) is 65.8 Å². The molecule has 0 N–H and O–H groups in total. The molecule has 3 heteroatoms. The number of hydrogen-bond acceptors (Lipinski definition) is 0. The third-order valence-electron chi connectivity index (χ3n) is 9.46. The first kappa shape index (κ1) is 32.3. The molecule has 0 heterocycles. The van der Waals surface area contributed by atoms with E-state index in [4.69, 9.17) is 0 Å². The lowest BCUT2D eigenvalue weighted by molar-refractivity contribution is 0.375. The Morgan fingerprint density at radius 3 is 1.71 bits per heavy atom. The van der Waals surface area contributed by atoms with Gasteiger partial charge in [-0.3, -0.25) is 0 Å². The maximum Gasteiger partial charge on any atom is 0.131 e. The molecule has 5 aromatic carbocycles. The summed E-state index contributed by atoms with van der Waals surface area (Å²) >= 11 is 0. The molecule has 45 heavy (non-hydrogen) atoms. The van der Waals surface area contributed by atoms with Gasteiger partial charge in [0, 0.05) is 5.56 Å². The summed E-state index contributed by atoms with van der Waals surface area (Å²) in [6, 6.07) is 35.4. The van der Waals surface area contributed by atoms with Crippen LogP contribution in [0.3, 0.4) is 0 Å². The van der Waals surface area contributed by atoms with E-state index in [9.17, 15) is 13.2 Å². The predicted molar refractivity (Wildman–Crippen MR) is 182 cm³/mol. The number of halogens is 3. The fourth-order valence-electron chi connectivity index (χ4n) is 6.35. The highest BCUT2D eigenvalue weighted by Crippen LogP contribution is 2.41. The molecule has 0 bridgehead atoms. The van der Waals surface area contributed by atoms with Crippen LogP contribution in [0, 0.1) is 17.5 Å². The summed E-state index contributed by atoms with van der Waals surface area (Å²) in [6.07, 6.45) is 2.55. The summed E-state index contributed by atoms with van der Waals surface area (Å²) in [5.74, 6) is -0.710. The normalized spacial score (nSPS) is 12.4. The monoisotopic (exact) mass is 604 g/mol. The largest absolute Gasteiger partial charge is 0.207 e. The number of hydrogen-bond donors (Lipinski definition) is 0. The molecular weight excluding hydrogens is 561 g/mol. The first-order valence-electron chi connectivity index (χ1n) is 15.8. The molecule has 0 unspecified atom stereocenters. The second-order valence-corrected chi connectivity index (χ2v) is 14.3.